The zero-order valence-electron chi connectivity index (χ0n) is 50.9. The number of hydrogen-bond donors (Lipinski definition) is 0. The predicted octanol–water partition coefficient (Wildman–Crippen LogP) is 13.2. The Morgan fingerprint density at radius 2 is 0.896 bits per heavy atom. The molecule has 0 amide bonds. The molecule has 1 nitrogen and oxygen atoms in total. The molecule has 1 heteroatoms. The maximum Gasteiger partial charge on any atom is 0.135 e. The number of hydrogen-bond acceptors (Lipinski definition) is 1. The van der Waals surface area contributed by atoms with Gasteiger partial charge in [0.25, 0.3) is 0 Å². The summed E-state index contributed by atoms with van der Waals surface area (Å²) in [7, 11) is 0. The number of benzene rings is 8. The van der Waals surface area contributed by atoms with Gasteiger partial charge in [-0.25, -0.2) is 0 Å². The third-order valence-electron chi connectivity index (χ3n) is 8.64. The summed E-state index contributed by atoms with van der Waals surface area (Å²) in [6.07, 6.45) is 0. The molecular weight excluding hydrogens is 581 g/mol. The second kappa shape index (κ2) is 10.0. The monoisotopic (exact) mass is 638 g/mol. The van der Waals surface area contributed by atoms with Gasteiger partial charge in [0.15, 0.2) is 0 Å². The van der Waals surface area contributed by atoms with Crippen LogP contribution in [-0.2, 0) is 5.41 Å². The lowest BCUT2D eigenvalue weighted by Crippen LogP contribution is -2.14. The van der Waals surface area contributed by atoms with E-state index in [1.165, 1.54) is 13.8 Å². The lowest BCUT2D eigenvalue weighted by Gasteiger charge is -2.22. The molecule has 48 heavy (non-hydrogen) atoms. The van der Waals surface area contributed by atoms with Gasteiger partial charge in [-0.2, -0.15) is 0 Å². The van der Waals surface area contributed by atoms with Crippen molar-refractivity contribution in [1.29, 1.82) is 0 Å². The van der Waals surface area contributed by atoms with Gasteiger partial charge < -0.3 is 4.42 Å². The Balaban J connectivity index is 1.41. The Morgan fingerprint density at radius 3 is 1.60 bits per heavy atom. The van der Waals surface area contributed by atoms with Gasteiger partial charge in [0, 0.05) is 16.2 Å². The maximum absolute atomic E-state index is 9.88. The van der Waals surface area contributed by atoms with Gasteiger partial charge in [-0.3, -0.25) is 0 Å². The van der Waals surface area contributed by atoms with E-state index in [0.717, 1.165) is 0 Å². The van der Waals surface area contributed by atoms with E-state index >= 15 is 0 Å². The summed E-state index contributed by atoms with van der Waals surface area (Å²) in [4.78, 5) is 0. The van der Waals surface area contributed by atoms with Crippen molar-refractivity contribution in [2.45, 2.75) is 19.3 Å². The number of rotatable bonds is 3. The fraction of sp³-hybridized carbons (Fsp3) is 0.0638. The molecular formula is C47H32O. The minimum Gasteiger partial charge on any atom is -0.456 e. The van der Waals surface area contributed by atoms with Crippen molar-refractivity contribution >= 4 is 43.5 Å². The third-order valence-corrected chi connectivity index (χ3v) is 8.64. The second-order valence-corrected chi connectivity index (χ2v) is 11.6. The summed E-state index contributed by atoms with van der Waals surface area (Å²) >= 11 is 0. The summed E-state index contributed by atoms with van der Waals surface area (Å²) in [5.41, 5.74) is -7.26. The van der Waals surface area contributed by atoms with Crippen molar-refractivity contribution in [3.63, 3.8) is 0 Å². The van der Waals surface area contributed by atoms with Crippen LogP contribution in [0.2, 0.25) is 0 Å². The molecule has 1 aliphatic rings. The Bertz CT molecular complexity index is 4120. The molecule has 226 valence electrons. The number of para-hydroxylation sites is 1. The summed E-state index contributed by atoms with van der Waals surface area (Å²) in [6, 6.07) is -21.6. The zero-order chi connectivity index (χ0) is 54.6. The van der Waals surface area contributed by atoms with Crippen molar-refractivity contribution in [2.24, 2.45) is 0 Å². The van der Waals surface area contributed by atoms with E-state index in [9.17, 15) is 16.4 Å². The summed E-state index contributed by atoms with van der Waals surface area (Å²) in [6.45, 7) is 3.07. The number of fused-ring (bicyclic) bond motifs is 8. The normalized spacial score (nSPS) is 21.0. The summed E-state index contributed by atoms with van der Waals surface area (Å²) in [5, 5.41) is -3.50. The minimum atomic E-state index is -1.44. The molecule has 0 N–H and O–H groups in total. The Morgan fingerprint density at radius 1 is 0.396 bits per heavy atom. The molecule has 0 aliphatic heterocycles. The molecule has 10 rings (SSSR count). The highest BCUT2D eigenvalue weighted by Crippen LogP contribution is 2.51. The molecule has 1 aromatic heterocycles. The standard InChI is InChI=1S/C47H32O/c1-47(2)41-17-9-7-11-33(41)39-28-32(23-25-42(39)47)46-37-15-5-3-13-35(37)45(36-14-4-6-16-38(36)46)30-21-19-29(20-22-30)31-24-26-44-40(27-31)34-12-8-10-18-43(34)48-44/h3-28H,1-2H3/i3D,4D,5D,6D,7D,8D,9D,10D,11D,12D,13D,14D,15D,16D,17D,18D,19D,20D,21D,22D,23D,24D,25D,26D,27D,28D. The van der Waals surface area contributed by atoms with Crippen molar-refractivity contribution in [3.8, 4) is 44.5 Å². The van der Waals surface area contributed by atoms with Crippen LogP contribution in [0, 0.1) is 0 Å². The van der Waals surface area contributed by atoms with E-state index in [2.05, 4.69) is 0 Å². The van der Waals surface area contributed by atoms with Crippen molar-refractivity contribution in [2.75, 3.05) is 0 Å². The van der Waals surface area contributed by atoms with Crippen LogP contribution in [0.4, 0.5) is 0 Å². The van der Waals surface area contributed by atoms with Crippen LogP contribution in [0.25, 0.3) is 88.0 Å². The van der Waals surface area contributed by atoms with E-state index in [1.54, 1.807) is 0 Å². The van der Waals surface area contributed by atoms with Crippen LogP contribution in [0.5, 0.6) is 0 Å². The fourth-order valence-electron chi connectivity index (χ4n) is 6.40. The van der Waals surface area contributed by atoms with Gasteiger partial charge in [-0.05, 0) is 101 Å². The molecule has 0 saturated heterocycles. The lowest BCUT2D eigenvalue weighted by molar-refractivity contribution is 0.660. The first-order chi connectivity index (χ1) is 34.4. The predicted molar refractivity (Wildman–Crippen MR) is 203 cm³/mol. The van der Waals surface area contributed by atoms with Gasteiger partial charge in [-0.1, -0.05) is 147 Å². The van der Waals surface area contributed by atoms with E-state index in [-0.39, 0.29) is 27.6 Å². The molecule has 0 radical (unpaired) electrons. The van der Waals surface area contributed by atoms with Gasteiger partial charge in [0.1, 0.15) is 11.2 Å². The minimum absolute atomic E-state index is 0.0160. The van der Waals surface area contributed by atoms with Gasteiger partial charge in [0.05, 0.1) is 35.6 Å². The smallest absolute Gasteiger partial charge is 0.135 e. The average molecular weight is 639 g/mol. The molecule has 0 atom stereocenters. The quantitative estimate of drug-likeness (QED) is 0.176. The van der Waals surface area contributed by atoms with Crippen molar-refractivity contribution < 1.29 is 40.1 Å². The van der Waals surface area contributed by atoms with Gasteiger partial charge >= 0.3 is 0 Å². The first kappa shape index (κ1) is 12.0. The molecule has 1 aliphatic carbocycles. The molecule has 0 saturated carbocycles. The van der Waals surface area contributed by atoms with Gasteiger partial charge in [-0.15, -0.1) is 0 Å². The Kier molecular flexibility index (Phi) is 2.50. The Labute approximate surface area is 316 Å². The number of furan rings is 1. The molecule has 0 bridgehead atoms. The third kappa shape index (κ3) is 3.85. The highest BCUT2D eigenvalue weighted by molar-refractivity contribution is 6.21. The van der Waals surface area contributed by atoms with E-state index in [4.69, 9.17) is 23.6 Å². The van der Waals surface area contributed by atoms with Crippen molar-refractivity contribution in [3.05, 3.63) is 168 Å². The maximum atomic E-state index is 9.88. The van der Waals surface area contributed by atoms with Crippen molar-refractivity contribution in [1.82, 2.24) is 0 Å². The lowest BCUT2D eigenvalue weighted by atomic mass is 9.81. The van der Waals surface area contributed by atoms with E-state index in [0.29, 0.717) is 0 Å². The first-order valence-corrected chi connectivity index (χ1v) is 14.7. The second-order valence-electron chi connectivity index (χ2n) is 11.6. The molecule has 0 unspecified atom stereocenters. The van der Waals surface area contributed by atoms with Crippen LogP contribution in [0.15, 0.2) is 162 Å². The van der Waals surface area contributed by atoms with Crippen LogP contribution in [-0.4, -0.2) is 0 Å². The van der Waals surface area contributed by atoms with Gasteiger partial charge in [0.2, 0.25) is 0 Å². The topological polar surface area (TPSA) is 13.1 Å². The highest BCUT2D eigenvalue weighted by atomic mass is 16.3. The van der Waals surface area contributed by atoms with Crippen LogP contribution in [0.1, 0.15) is 60.6 Å². The van der Waals surface area contributed by atoms with E-state index < -0.39 is 234 Å². The van der Waals surface area contributed by atoms with Crippen LogP contribution < -0.4 is 0 Å². The molecule has 1 heterocycles. The molecule has 9 aromatic rings. The Hall–Kier alpha value is -5.92. The average Bonchev–Trinajstić information content (AvgIpc) is 3.88. The van der Waals surface area contributed by atoms with Crippen LogP contribution >= 0.6 is 0 Å². The zero-order valence-corrected chi connectivity index (χ0v) is 24.9. The molecule has 8 aromatic carbocycles. The molecule has 0 fully saturated rings. The largest absolute Gasteiger partial charge is 0.456 e. The fourth-order valence-corrected chi connectivity index (χ4v) is 6.40. The first-order valence-electron chi connectivity index (χ1n) is 27.7. The highest BCUT2D eigenvalue weighted by Gasteiger charge is 2.35. The summed E-state index contributed by atoms with van der Waals surface area (Å²) < 4.78 is 241. The SMILES string of the molecule is [2H]c1c([2H])c([2H])c2c(c1[2H])-c1c([2H])c(-c3c4c([2H])c([2H])c([2H])c([2H])c4c(-c4c([2H])c([2H])c(-c5c([2H])c([2H])c6oc7c([2H])c([2H])c([2H])c([2H])c7c6c5[2H])c([2H])c4[2H])c4c([2H])c([2H])c([2H])c([2H])c34)c([2H])c([2H])c1C2(C)C. The van der Waals surface area contributed by atoms with E-state index in [1.807, 2.05) is 0 Å². The summed E-state index contributed by atoms with van der Waals surface area (Å²) in [5.74, 6) is 0. The molecule has 0 spiro atoms. The van der Waals surface area contributed by atoms with Crippen LogP contribution in [0.3, 0.4) is 0 Å².